The number of aryl methyl sites for hydroxylation is 1. The molecule has 3 nitrogen and oxygen atoms in total. The third-order valence-electron chi connectivity index (χ3n) is 4.51. The highest BCUT2D eigenvalue weighted by Gasteiger charge is 2.21. The van der Waals surface area contributed by atoms with Crippen molar-refractivity contribution in [3.05, 3.63) is 33.9 Å². The van der Waals surface area contributed by atoms with Crippen LogP contribution in [0.3, 0.4) is 0 Å². The van der Waals surface area contributed by atoms with Gasteiger partial charge in [-0.05, 0) is 65.7 Å². The number of aromatic nitrogens is 1. The lowest BCUT2D eigenvalue weighted by molar-refractivity contribution is 0.0958. The van der Waals surface area contributed by atoms with Crippen LogP contribution in [0, 0.1) is 24.2 Å². The minimum atomic E-state index is -0.138. The Hall–Kier alpha value is -1.31. The van der Waals surface area contributed by atoms with E-state index in [0.29, 0.717) is 5.92 Å². The Morgan fingerprint density at radius 3 is 2.95 bits per heavy atom. The third-order valence-corrected chi connectivity index (χ3v) is 5.14. The molecule has 1 aromatic carbocycles. The fourth-order valence-corrected chi connectivity index (χ4v) is 3.94. The summed E-state index contributed by atoms with van der Waals surface area (Å²) in [7, 11) is 0. The number of rotatable bonds is 2. The molecule has 1 fully saturated rings. The second kappa shape index (κ2) is 5.82. The van der Waals surface area contributed by atoms with Gasteiger partial charge in [0.25, 0.3) is 0 Å². The van der Waals surface area contributed by atoms with Gasteiger partial charge in [-0.1, -0.05) is 6.42 Å². The highest BCUT2D eigenvalue weighted by Crippen LogP contribution is 2.32. The number of nitriles is 1. The second-order valence-electron chi connectivity index (χ2n) is 6.11. The van der Waals surface area contributed by atoms with E-state index in [9.17, 15) is 5.11 Å². The van der Waals surface area contributed by atoms with E-state index in [-0.39, 0.29) is 6.10 Å². The van der Waals surface area contributed by atoms with Crippen LogP contribution in [0.1, 0.15) is 36.8 Å². The minimum absolute atomic E-state index is 0.138. The average molecular weight is 347 g/mol. The number of fused-ring (bicyclic) bond motifs is 1. The predicted octanol–water partition coefficient (Wildman–Crippen LogP) is 4.14. The monoisotopic (exact) mass is 346 g/mol. The van der Waals surface area contributed by atoms with Crippen molar-refractivity contribution in [1.82, 2.24) is 4.57 Å². The Morgan fingerprint density at radius 1 is 1.43 bits per heavy atom. The molecule has 21 heavy (non-hydrogen) atoms. The number of benzene rings is 1. The van der Waals surface area contributed by atoms with Crippen LogP contribution in [0.15, 0.2) is 22.8 Å². The number of aliphatic hydroxyl groups excluding tert-OH is 1. The standard InChI is InChI=1S/C17H19BrN2O/c1-11-5-17-15(7-13(11)8-19)16(18)10-20(17)9-12-3-2-4-14(21)6-12/h5,7,10,12,14,21H,2-4,6,9H2,1H3/t12-,14+/m1/s1. The van der Waals surface area contributed by atoms with Gasteiger partial charge in [0, 0.05) is 28.1 Å². The van der Waals surface area contributed by atoms with Crippen molar-refractivity contribution in [3.8, 4) is 6.07 Å². The fraction of sp³-hybridized carbons (Fsp3) is 0.471. The quantitative estimate of drug-likeness (QED) is 0.888. The van der Waals surface area contributed by atoms with E-state index < -0.39 is 0 Å². The van der Waals surface area contributed by atoms with Gasteiger partial charge in [0.05, 0.1) is 17.7 Å². The molecule has 1 saturated carbocycles. The first-order valence-corrected chi connectivity index (χ1v) is 8.25. The molecule has 1 aromatic heterocycles. The van der Waals surface area contributed by atoms with Gasteiger partial charge in [-0.25, -0.2) is 0 Å². The van der Waals surface area contributed by atoms with Crippen LogP contribution in [0.4, 0.5) is 0 Å². The van der Waals surface area contributed by atoms with Gasteiger partial charge in [-0.15, -0.1) is 0 Å². The van der Waals surface area contributed by atoms with E-state index >= 15 is 0 Å². The molecule has 1 heterocycles. The molecular formula is C17H19BrN2O. The second-order valence-corrected chi connectivity index (χ2v) is 6.97. The normalized spacial score (nSPS) is 22.4. The Morgan fingerprint density at radius 2 is 2.24 bits per heavy atom. The zero-order valence-corrected chi connectivity index (χ0v) is 13.7. The van der Waals surface area contributed by atoms with E-state index in [2.05, 4.69) is 38.8 Å². The average Bonchev–Trinajstić information content (AvgIpc) is 2.74. The lowest BCUT2D eigenvalue weighted by Gasteiger charge is -2.26. The fourth-order valence-electron chi connectivity index (χ4n) is 3.38. The minimum Gasteiger partial charge on any atom is -0.393 e. The summed E-state index contributed by atoms with van der Waals surface area (Å²) in [5, 5.41) is 20.1. The third kappa shape index (κ3) is 2.86. The van der Waals surface area contributed by atoms with Crippen molar-refractivity contribution in [2.75, 3.05) is 0 Å². The van der Waals surface area contributed by atoms with E-state index in [1.54, 1.807) is 0 Å². The van der Waals surface area contributed by atoms with Crippen LogP contribution in [0.5, 0.6) is 0 Å². The molecule has 0 bridgehead atoms. The molecule has 0 radical (unpaired) electrons. The number of hydrogen-bond donors (Lipinski definition) is 1. The molecule has 3 rings (SSSR count). The molecule has 0 saturated heterocycles. The number of halogens is 1. The first kappa shape index (κ1) is 14.6. The van der Waals surface area contributed by atoms with E-state index in [1.807, 2.05) is 13.0 Å². The first-order valence-electron chi connectivity index (χ1n) is 7.45. The maximum Gasteiger partial charge on any atom is 0.0994 e. The van der Waals surface area contributed by atoms with Gasteiger partial charge in [-0.2, -0.15) is 5.26 Å². The Balaban J connectivity index is 1.96. The van der Waals surface area contributed by atoms with Crippen LogP contribution >= 0.6 is 15.9 Å². The van der Waals surface area contributed by atoms with Crippen molar-refractivity contribution in [2.45, 2.75) is 45.3 Å². The number of nitrogens with zero attached hydrogens (tertiary/aromatic N) is 2. The topological polar surface area (TPSA) is 49.0 Å². The van der Waals surface area contributed by atoms with E-state index in [4.69, 9.17) is 5.26 Å². The van der Waals surface area contributed by atoms with Gasteiger partial charge >= 0.3 is 0 Å². The summed E-state index contributed by atoms with van der Waals surface area (Å²) < 4.78 is 3.29. The molecule has 0 unspecified atom stereocenters. The Labute approximate surface area is 133 Å². The summed E-state index contributed by atoms with van der Waals surface area (Å²) in [5.74, 6) is 0.534. The molecule has 1 aliphatic carbocycles. The Bertz CT molecular complexity index is 714. The zero-order chi connectivity index (χ0) is 15.0. The highest BCUT2D eigenvalue weighted by molar-refractivity contribution is 9.10. The lowest BCUT2D eigenvalue weighted by atomic mass is 9.87. The van der Waals surface area contributed by atoms with Gasteiger partial charge in [0.15, 0.2) is 0 Å². The predicted molar refractivity (Wildman–Crippen MR) is 87.1 cm³/mol. The van der Waals surface area contributed by atoms with Gasteiger partial charge < -0.3 is 9.67 Å². The summed E-state index contributed by atoms with van der Waals surface area (Å²) >= 11 is 3.60. The van der Waals surface area contributed by atoms with E-state index in [0.717, 1.165) is 46.8 Å². The largest absolute Gasteiger partial charge is 0.393 e. The van der Waals surface area contributed by atoms with Gasteiger partial charge in [0.1, 0.15) is 0 Å². The molecule has 1 aliphatic rings. The maximum atomic E-state index is 9.83. The molecule has 1 N–H and O–H groups in total. The van der Waals surface area contributed by atoms with Crippen molar-refractivity contribution in [1.29, 1.82) is 5.26 Å². The first-order chi connectivity index (χ1) is 10.1. The van der Waals surface area contributed by atoms with Crippen LogP contribution < -0.4 is 0 Å². The van der Waals surface area contributed by atoms with Crippen molar-refractivity contribution in [3.63, 3.8) is 0 Å². The van der Waals surface area contributed by atoms with Crippen molar-refractivity contribution in [2.24, 2.45) is 5.92 Å². The van der Waals surface area contributed by atoms with Crippen molar-refractivity contribution < 1.29 is 5.11 Å². The number of aliphatic hydroxyl groups is 1. The summed E-state index contributed by atoms with van der Waals surface area (Å²) in [4.78, 5) is 0. The molecule has 110 valence electrons. The smallest absolute Gasteiger partial charge is 0.0994 e. The lowest BCUT2D eigenvalue weighted by Crippen LogP contribution is -2.22. The van der Waals surface area contributed by atoms with Crippen molar-refractivity contribution >= 4 is 26.8 Å². The molecule has 0 spiro atoms. The van der Waals surface area contributed by atoms with Gasteiger partial charge in [0.2, 0.25) is 0 Å². The van der Waals surface area contributed by atoms with Crippen LogP contribution in [-0.4, -0.2) is 15.8 Å². The molecule has 2 atom stereocenters. The van der Waals surface area contributed by atoms with Crippen LogP contribution in [0.2, 0.25) is 0 Å². The molecule has 0 amide bonds. The number of hydrogen-bond acceptors (Lipinski definition) is 2. The van der Waals surface area contributed by atoms with E-state index in [1.165, 1.54) is 11.9 Å². The van der Waals surface area contributed by atoms with Crippen LogP contribution in [-0.2, 0) is 6.54 Å². The molecular weight excluding hydrogens is 328 g/mol. The maximum absolute atomic E-state index is 9.83. The highest BCUT2D eigenvalue weighted by atomic mass is 79.9. The van der Waals surface area contributed by atoms with Gasteiger partial charge in [-0.3, -0.25) is 0 Å². The molecule has 4 heteroatoms. The summed E-state index contributed by atoms with van der Waals surface area (Å²) in [6.45, 7) is 2.91. The zero-order valence-electron chi connectivity index (χ0n) is 12.1. The SMILES string of the molecule is Cc1cc2c(cc1C#N)c(Br)cn2C[C@@H]1CCC[C@H](O)C1. The Kier molecular flexibility index (Phi) is 4.05. The summed E-state index contributed by atoms with van der Waals surface area (Å²) in [6.07, 6.45) is 6.10. The molecule has 0 aliphatic heterocycles. The summed E-state index contributed by atoms with van der Waals surface area (Å²) in [6, 6.07) is 6.30. The van der Waals surface area contributed by atoms with Crippen LogP contribution in [0.25, 0.3) is 10.9 Å². The molecule has 2 aromatic rings. The summed E-state index contributed by atoms with van der Waals surface area (Å²) in [5.41, 5.74) is 2.91.